The summed E-state index contributed by atoms with van der Waals surface area (Å²) in [6, 6.07) is 1.18. The highest BCUT2D eigenvalue weighted by Gasteiger charge is 2.45. The molecule has 2 unspecified atom stereocenters. The van der Waals surface area contributed by atoms with Crippen LogP contribution in [0, 0.1) is 0 Å². The van der Waals surface area contributed by atoms with E-state index in [0.717, 1.165) is 4.57 Å². The Bertz CT molecular complexity index is 558. The van der Waals surface area contributed by atoms with E-state index < -0.39 is 42.4 Å². The highest BCUT2D eigenvalue weighted by atomic mass is 32.2. The van der Waals surface area contributed by atoms with Crippen LogP contribution >= 0.6 is 11.8 Å². The predicted molar refractivity (Wildman–Crippen MR) is 71.6 cm³/mol. The molecule has 0 spiro atoms. The Labute approximate surface area is 118 Å². The van der Waals surface area contributed by atoms with Gasteiger partial charge in [0.25, 0.3) is 5.56 Å². The minimum absolute atomic E-state index is 0.303. The summed E-state index contributed by atoms with van der Waals surface area (Å²) in [5.74, 6) is 0.303. The number of nitrogens with zero attached hydrogens (tertiary/aromatic N) is 1. The topological polar surface area (TPSA) is 114 Å². The number of aromatic amines is 1. The summed E-state index contributed by atoms with van der Waals surface area (Å²) in [4.78, 5) is 24.9. The van der Waals surface area contributed by atoms with Crippen molar-refractivity contribution in [1.29, 1.82) is 0 Å². The maximum Gasteiger partial charge on any atom is 0.330 e. The molecule has 0 aromatic carbocycles. The third-order valence-corrected chi connectivity index (χ3v) is 3.37. The fraction of sp³-hybridized carbons (Fsp3) is 0.636. The zero-order chi connectivity index (χ0) is 14.7. The summed E-state index contributed by atoms with van der Waals surface area (Å²) < 4.78 is 12.1. The number of rotatable bonds is 5. The van der Waals surface area contributed by atoms with Crippen LogP contribution in [0.1, 0.15) is 6.23 Å². The van der Waals surface area contributed by atoms with Crippen molar-refractivity contribution in [2.24, 2.45) is 0 Å². The molecule has 0 saturated carbocycles. The molecule has 112 valence electrons. The molecule has 4 atom stereocenters. The Morgan fingerprint density at radius 1 is 1.55 bits per heavy atom. The number of aliphatic hydroxyl groups is 2. The Kier molecular flexibility index (Phi) is 5.00. The number of aromatic nitrogens is 2. The van der Waals surface area contributed by atoms with Gasteiger partial charge in [-0.15, -0.1) is 11.8 Å². The van der Waals surface area contributed by atoms with E-state index in [0.29, 0.717) is 5.94 Å². The number of thioether (sulfide) groups is 1. The first-order chi connectivity index (χ1) is 9.58. The lowest BCUT2D eigenvalue weighted by molar-refractivity contribution is -0.0649. The molecule has 1 aliphatic heterocycles. The van der Waals surface area contributed by atoms with E-state index in [1.54, 1.807) is 0 Å². The van der Waals surface area contributed by atoms with Crippen molar-refractivity contribution in [3.8, 4) is 0 Å². The molecule has 3 N–H and O–H groups in total. The number of nitrogens with one attached hydrogen (secondary N) is 1. The fourth-order valence-electron chi connectivity index (χ4n) is 2.05. The maximum atomic E-state index is 11.8. The molecule has 1 aromatic heterocycles. The molecule has 0 aliphatic carbocycles. The maximum absolute atomic E-state index is 11.8. The van der Waals surface area contributed by atoms with Crippen molar-refractivity contribution in [3.05, 3.63) is 33.1 Å². The van der Waals surface area contributed by atoms with E-state index in [2.05, 4.69) is 4.98 Å². The second kappa shape index (κ2) is 6.55. The summed E-state index contributed by atoms with van der Waals surface area (Å²) in [6.45, 7) is -0.394. The van der Waals surface area contributed by atoms with Crippen LogP contribution in [0.4, 0.5) is 0 Å². The molecule has 0 bridgehead atoms. The highest BCUT2D eigenvalue weighted by molar-refractivity contribution is 7.98. The third kappa shape index (κ3) is 2.96. The second-order valence-corrected chi connectivity index (χ2v) is 5.11. The van der Waals surface area contributed by atoms with Gasteiger partial charge in [0.2, 0.25) is 0 Å². The monoisotopic (exact) mass is 304 g/mol. The molecule has 1 fully saturated rings. The Morgan fingerprint density at radius 3 is 2.90 bits per heavy atom. The van der Waals surface area contributed by atoms with Gasteiger partial charge in [-0.2, -0.15) is 0 Å². The summed E-state index contributed by atoms with van der Waals surface area (Å²) >= 11 is 1.41. The molecule has 0 amide bonds. The van der Waals surface area contributed by atoms with Crippen molar-refractivity contribution >= 4 is 11.8 Å². The largest absolute Gasteiger partial charge is 0.394 e. The van der Waals surface area contributed by atoms with E-state index in [9.17, 15) is 14.7 Å². The van der Waals surface area contributed by atoms with Crippen LogP contribution in [0.3, 0.4) is 0 Å². The van der Waals surface area contributed by atoms with E-state index in [1.165, 1.54) is 24.0 Å². The normalized spacial score (nSPS) is 29.8. The summed E-state index contributed by atoms with van der Waals surface area (Å²) in [6.07, 6.45) is -0.510. The molecule has 0 radical (unpaired) electrons. The minimum atomic E-state index is -1.06. The lowest BCUT2D eigenvalue weighted by atomic mass is 10.1. The van der Waals surface area contributed by atoms with Gasteiger partial charge >= 0.3 is 5.69 Å². The zero-order valence-corrected chi connectivity index (χ0v) is 11.6. The van der Waals surface area contributed by atoms with E-state index >= 15 is 0 Å². The van der Waals surface area contributed by atoms with Crippen molar-refractivity contribution < 1.29 is 19.7 Å². The smallest absolute Gasteiger partial charge is 0.330 e. The molecule has 20 heavy (non-hydrogen) atoms. The van der Waals surface area contributed by atoms with E-state index in [4.69, 9.17) is 14.6 Å². The lowest BCUT2D eigenvalue weighted by Gasteiger charge is -2.21. The Balaban J connectivity index is 2.31. The van der Waals surface area contributed by atoms with Crippen LogP contribution < -0.4 is 11.2 Å². The van der Waals surface area contributed by atoms with Crippen LogP contribution in [0.15, 0.2) is 21.9 Å². The molecule has 2 rings (SSSR count). The molecule has 1 saturated heterocycles. The van der Waals surface area contributed by atoms with Crippen molar-refractivity contribution in [1.82, 2.24) is 9.55 Å². The van der Waals surface area contributed by atoms with Gasteiger partial charge < -0.3 is 19.7 Å². The van der Waals surface area contributed by atoms with Gasteiger partial charge in [-0.1, -0.05) is 0 Å². The molecular formula is C11H16N2O6S. The SMILES string of the molecule is CSCOC1C(O)[C@@H](CO)O[C@H]1n1ccc(=O)[nH]c1=O. The van der Waals surface area contributed by atoms with Gasteiger partial charge in [0.05, 0.1) is 12.5 Å². The summed E-state index contributed by atoms with van der Waals surface area (Å²) in [5, 5.41) is 19.2. The zero-order valence-electron chi connectivity index (χ0n) is 10.8. The van der Waals surface area contributed by atoms with E-state index in [1.807, 2.05) is 6.26 Å². The molecule has 1 aliphatic rings. The number of hydrogen-bond acceptors (Lipinski definition) is 7. The second-order valence-electron chi connectivity index (χ2n) is 4.29. The number of H-pyrrole nitrogens is 1. The van der Waals surface area contributed by atoms with Gasteiger partial charge in [-0.3, -0.25) is 14.3 Å². The van der Waals surface area contributed by atoms with E-state index in [-0.39, 0.29) is 0 Å². The molecule has 9 heteroatoms. The van der Waals surface area contributed by atoms with Crippen molar-refractivity contribution in [2.75, 3.05) is 18.8 Å². The van der Waals surface area contributed by atoms with Crippen LogP contribution in [0.2, 0.25) is 0 Å². The average Bonchev–Trinajstić information content (AvgIpc) is 2.73. The molecule has 1 aromatic rings. The standard InChI is InChI=1S/C11H16N2O6S/c1-20-5-18-9-8(16)6(4-14)19-10(9)13-3-2-7(15)12-11(13)17/h2-3,6,8-10,14,16H,4-5H2,1H3,(H,12,15,17)/t6-,8?,9?,10-/m1/s1. The molecule has 2 heterocycles. The fourth-order valence-corrected chi connectivity index (χ4v) is 2.34. The third-order valence-electron chi connectivity index (χ3n) is 3.00. The van der Waals surface area contributed by atoms with Gasteiger partial charge in [-0.25, -0.2) is 4.79 Å². The first kappa shape index (κ1) is 15.3. The molecule has 8 nitrogen and oxygen atoms in total. The van der Waals surface area contributed by atoms with Crippen LogP contribution in [0.25, 0.3) is 0 Å². The van der Waals surface area contributed by atoms with Crippen LogP contribution in [-0.4, -0.2) is 56.9 Å². The van der Waals surface area contributed by atoms with Gasteiger partial charge in [0.1, 0.15) is 18.3 Å². The number of aliphatic hydroxyl groups excluding tert-OH is 2. The van der Waals surface area contributed by atoms with Crippen molar-refractivity contribution in [2.45, 2.75) is 24.5 Å². The molecular weight excluding hydrogens is 288 g/mol. The minimum Gasteiger partial charge on any atom is -0.394 e. The number of hydrogen-bond donors (Lipinski definition) is 3. The highest BCUT2D eigenvalue weighted by Crippen LogP contribution is 2.30. The average molecular weight is 304 g/mol. The van der Waals surface area contributed by atoms with Gasteiger partial charge in [0.15, 0.2) is 6.23 Å². The summed E-state index contributed by atoms with van der Waals surface area (Å²) in [5.41, 5.74) is -1.18. The predicted octanol–water partition coefficient (Wildman–Crippen LogP) is -1.51. The first-order valence-electron chi connectivity index (χ1n) is 5.95. The lowest BCUT2D eigenvalue weighted by Crippen LogP contribution is -2.39. The number of ether oxygens (including phenoxy) is 2. The Morgan fingerprint density at radius 2 is 2.30 bits per heavy atom. The summed E-state index contributed by atoms with van der Waals surface area (Å²) in [7, 11) is 0. The first-order valence-corrected chi connectivity index (χ1v) is 7.34. The van der Waals surface area contributed by atoms with Crippen molar-refractivity contribution in [3.63, 3.8) is 0 Å². The van der Waals surface area contributed by atoms with Crippen LogP contribution in [-0.2, 0) is 9.47 Å². The van der Waals surface area contributed by atoms with Crippen LogP contribution in [0.5, 0.6) is 0 Å². The Hall–Kier alpha value is -1.13. The van der Waals surface area contributed by atoms with Gasteiger partial charge in [-0.05, 0) is 6.26 Å². The quantitative estimate of drug-likeness (QED) is 0.567. The van der Waals surface area contributed by atoms with Gasteiger partial charge in [0, 0.05) is 12.3 Å².